The number of Topliss-reactive ketones (excluding diaryl/α,β-unsaturated/α-hetero) is 1. The molecule has 1 unspecified atom stereocenters. The first-order chi connectivity index (χ1) is 8.67. The van der Waals surface area contributed by atoms with Crippen molar-refractivity contribution in [2.75, 3.05) is 13.1 Å². The summed E-state index contributed by atoms with van der Waals surface area (Å²) in [6, 6.07) is 0. The Morgan fingerprint density at radius 2 is 2.56 bits per heavy atom. The summed E-state index contributed by atoms with van der Waals surface area (Å²) in [5, 5.41) is 5.32. The van der Waals surface area contributed by atoms with E-state index in [2.05, 4.69) is 17.2 Å². The van der Waals surface area contributed by atoms with Crippen molar-refractivity contribution in [3.63, 3.8) is 0 Å². The van der Waals surface area contributed by atoms with Gasteiger partial charge in [-0.3, -0.25) is 9.20 Å². The maximum atomic E-state index is 12.4. The van der Waals surface area contributed by atoms with Crippen molar-refractivity contribution < 1.29 is 4.79 Å². The molecule has 0 amide bonds. The summed E-state index contributed by atoms with van der Waals surface area (Å²) in [4.78, 5) is 17.8. The molecule has 1 aliphatic rings. The zero-order valence-electron chi connectivity index (χ0n) is 10.5. The average molecular weight is 263 g/mol. The minimum Gasteiger partial charge on any atom is -0.316 e. The van der Waals surface area contributed by atoms with Crippen molar-refractivity contribution in [3.05, 3.63) is 23.5 Å². The molecule has 3 rings (SSSR count). The van der Waals surface area contributed by atoms with Crippen LogP contribution in [0.5, 0.6) is 0 Å². The van der Waals surface area contributed by atoms with Crippen LogP contribution in [0, 0.1) is 5.41 Å². The number of nitrogens with zero attached hydrogens (tertiary/aromatic N) is 2. The van der Waals surface area contributed by atoms with Crippen LogP contribution in [0.1, 0.15) is 25.5 Å². The first kappa shape index (κ1) is 11.9. The summed E-state index contributed by atoms with van der Waals surface area (Å²) in [5.41, 5.74) is 0.675. The largest absolute Gasteiger partial charge is 0.316 e. The third kappa shape index (κ3) is 2.08. The smallest absolute Gasteiger partial charge is 0.193 e. The van der Waals surface area contributed by atoms with E-state index in [-0.39, 0.29) is 5.41 Å². The van der Waals surface area contributed by atoms with Gasteiger partial charge in [0.15, 0.2) is 4.96 Å². The molecular formula is C13H17N3OS. The SMILES string of the molecule is CC1(C(=O)Cc2cn3ccsc3n2)CCCNC1. The fraction of sp³-hybridized carbons (Fsp3) is 0.538. The maximum Gasteiger partial charge on any atom is 0.193 e. The van der Waals surface area contributed by atoms with Crippen molar-refractivity contribution in [2.24, 2.45) is 5.41 Å². The Hall–Kier alpha value is -1.20. The van der Waals surface area contributed by atoms with Crippen LogP contribution in [-0.2, 0) is 11.2 Å². The molecule has 1 saturated heterocycles. The van der Waals surface area contributed by atoms with Gasteiger partial charge in [0.05, 0.1) is 12.1 Å². The number of piperidine rings is 1. The molecule has 1 aliphatic heterocycles. The molecule has 0 radical (unpaired) electrons. The number of fused-ring (bicyclic) bond motifs is 1. The molecule has 96 valence electrons. The van der Waals surface area contributed by atoms with E-state index in [4.69, 9.17) is 0 Å². The monoisotopic (exact) mass is 263 g/mol. The Kier molecular flexibility index (Phi) is 2.95. The molecule has 0 aliphatic carbocycles. The van der Waals surface area contributed by atoms with Crippen LogP contribution in [0.2, 0.25) is 0 Å². The number of rotatable bonds is 3. The molecule has 1 atom stereocenters. The summed E-state index contributed by atoms with van der Waals surface area (Å²) in [7, 11) is 0. The number of aromatic nitrogens is 2. The van der Waals surface area contributed by atoms with Crippen LogP contribution in [0.3, 0.4) is 0 Å². The summed E-state index contributed by atoms with van der Waals surface area (Å²) in [6.45, 7) is 3.90. The van der Waals surface area contributed by atoms with Crippen molar-refractivity contribution in [3.8, 4) is 0 Å². The number of carbonyl (C=O) groups is 1. The number of imidazole rings is 1. The van der Waals surface area contributed by atoms with Gasteiger partial charge in [-0.2, -0.15) is 0 Å². The van der Waals surface area contributed by atoms with Crippen molar-refractivity contribution in [2.45, 2.75) is 26.2 Å². The molecule has 5 heteroatoms. The Balaban J connectivity index is 1.75. The second-order valence-corrected chi connectivity index (χ2v) is 6.14. The van der Waals surface area contributed by atoms with E-state index in [9.17, 15) is 4.79 Å². The Bertz CT molecular complexity index is 537. The number of ketones is 1. The minimum absolute atomic E-state index is 0.213. The first-order valence-electron chi connectivity index (χ1n) is 6.32. The fourth-order valence-electron chi connectivity index (χ4n) is 2.53. The third-order valence-electron chi connectivity index (χ3n) is 3.76. The van der Waals surface area contributed by atoms with Gasteiger partial charge in [-0.15, -0.1) is 11.3 Å². The zero-order chi connectivity index (χ0) is 12.6. The molecule has 4 nitrogen and oxygen atoms in total. The summed E-state index contributed by atoms with van der Waals surface area (Å²) in [5.74, 6) is 0.306. The van der Waals surface area contributed by atoms with Crippen LogP contribution in [0.15, 0.2) is 17.8 Å². The maximum absolute atomic E-state index is 12.4. The highest BCUT2D eigenvalue weighted by molar-refractivity contribution is 7.15. The minimum atomic E-state index is -0.213. The van der Waals surface area contributed by atoms with Crippen molar-refractivity contribution in [1.82, 2.24) is 14.7 Å². The summed E-state index contributed by atoms with van der Waals surface area (Å²) >= 11 is 1.60. The lowest BCUT2D eigenvalue weighted by molar-refractivity contribution is -0.128. The lowest BCUT2D eigenvalue weighted by Gasteiger charge is -2.32. The van der Waals surface area contributed by atoms with Crippen molar-refractivity contribution in [1.29, 1.82) is 0 Å². The van der Waals surface area contributed by atoms with Gasteiger partial charge >= 0.3 is 0 Å². The molecule has 18 heavy (non-hydrogen) atoms. The lowest BCUT2D eigenvalue weighted by atomic mass is 9.77. The summed E-state index contributed by atoms with van der Waals surface area (Å²) < 4.78 is 1.98. The predicted molar refractivity (Wildman–Crippen MR) is 72.0 cm³/mol. The van der Waals surface area contributed by atoms with Crippen LogP contribution in [-0.4, -0.2) is 28.3 Å². The number of nitrogens with one attached hydrogen (secondary N) is 1. The number of carbonyl (C=O) groups excluding carboxylic acids is 1. The van der Waals surface area contributed by atoms with E-state index in [1.165, 1.54) is 0 Å². The van der Waals surface area contributed by atoms with Gasteiger partial charge in [-0.05, 0) is 19.4 Å². The Morgan fingerprint density at radius 3 is 3.28 bits per heavy atom. The van der Waals surface area contributed by atoms with E-state index in [1.54, 1.807) is 11.3 Å². The second kappa shape index (κ2) is 4.48. The molecule has 0 bridgehead atoms. The van der Waals surface area contributed by atoms with E-state index in [0.717, 1.165) is 36.6 Å². The van der Waals surface area contributed by atoms with Gasteiger partial charge < -0.3 is 5.32 Å². The van der Waals surface area contributed by atoms with E-state index in [1.807, 2.05) is 22.2 Å². The molecule has 1 fully saturated rings. The molecule has 2 aromatic heterocycles. The highest BCUT2D eigenvalue weighted by Gasteiger charge is 2.34. The molecule has 0 aromatic carbocycles. The first-order valence-corrected chi connectivity index (χ1v) is 7.20. The molecule has 1 N–H and O–H groups in total. The van der Waals surface area contributed by atoms with Gasteiger partial charge in [-0.25, -0.2) is 4.98 Å². The standard InChI is InChI=1S/C13H17N3OS/c1-13(3-2-4-14-9-13)11(17)7-10-8-16-5-6-18-12(16)15-10/h5-6,8,14H,2-4,7,9H2,1H3. The normalized spacial score (nSPS) is 24.5. The summed E-state index contributed by atoms with van der Waals surface area (Å²) in [6.07, 6.45) is 6.46. The van der Waals surface area contributed by atoms with Gasteiger partial charge in [0.25, 0.3) is 0 Å². The van der Waals surface area contributed by atoms with Gasteiger partial charge in [0.1, 0.15) is 5.78 Å². The molecule has 3 heterocycles. The number of thiazole rings is 1. The van der Waals surface area contributed by atoms with Gasteiger partial charge in [-0.1, -0.05) is 6.92 Å². The average Bonchev–Trinajstić information content (AvgIpc) is 2.90. The number of hydrogen-bond acceptors (Lipinski definition) is 4. The molecular weight excluding hydrogens is 246 g/mol. The van der Waals surface area contributed by atoms with E-state index in [0.29, 0.717) is 12.2 Å². The quantitative estimate of drug-likeness (QED) is 0.920. The fourth-order valence-corrected chi connectivity index (χ4v) is 3.25. The van der Waals surface area contributed by atoms with Gasteiger partial charge in [0, 0.05) is 29.7 Å². The predicted octanol–water partition coefficient (Wildman–Crippen LogP) is 1.90. The topological polar surface area (TPSA) is 46.4 Å². The zero-order valence-corrected chi connectivity index (χ0v) is 11.3. The Labute approximate surface area is 110 Å². The van der Waals surface area contributed by atoms with Crippen LogP contribution in [0.4, 0.5) is 0 Å². The Morgan fingerprint density at radius 1 is 1.67 bits per heavy atom. The van der Waals surface area contributed by atoms with Crippen molar-refractivity contribution >= 4 is 22.1 Å². The van der Waals surface area contributed by atoms with E-state index < -0.39 is 0 Å². The lowest BCUT2D eigenvalue weighted by Crippen LogP contribution is -2.44. The third-order valence-corrected chi connectivity index (χ3v) is 4.53. The highest BCUT2D eigenvalue weighted by Crippen LogP contribution is 2.28. The van der Waals surface area contributed by atoms with Crippen LogP contribution < -0.4 is 5.32 Å². The van der Waals surface area contributed by atoms with Gasteiger partial charge in [0.2, 0.25) is 0 Å². The molecule has 0 spiro atoms. The second-order valence-electron chi connectivity index (χ2n) is 5.27. The van der Waals surface area contributed by atoms with E-state index >= 15 is 0 Å². The highest BCUT2D eigenvalue weighted by atomic mass is 32.1. The van der Waals surface area contributed by atoms with Crippen LogP contribution >= 0.6 is 11.3 Å². The molecule has 0 saturated carbocycles. The number of hydrogen-bond donors (Lipinski definition) is 1. The molecule has 2 aromatic rings. The van der Waals surface area contributed by atoms with Crippen LogP contribution in [0.25, 0.3) is 4.96 Å².